The molecule has 3 nitrogen and oxygen atoms in total. The molecule has 1 rings (SSSR count). The van der Waals surface area contributed by atoms with Gasteiger partial charge in [-0.15, -0.1) is 11.6 Å². The van der Waals surface area contributed by atoms with Crippen LogP contribution in [0.1, 0.15) is 26.3 Å². The summed E-state index contributed by atoms with van der Waals surface area (Å²) in [5, 5.41) is 0. The molecular formula is C15H19ClO3. The van der Waals surface area contributed by atoms with Crippen molar-refractivity contribution in [2.75, 3.05) is 5.88 Å². The Balaban J connectivity index is 2.61. The average molecular weight is 283 g/mol. The van der Waals surface area contributed by atoms with E-state index >= 15 is 0 Å². The van der Waals surface area contributed by atoms with Crippen LogP contribution in [0, 0.1) is 11.8 Å². The van der Waals surface area contributed by atoms with Crippen molar-refractivity contribution >= 4 is 23.4 Å². The van der Waals surface area contributed by atoms with Gasteiger partial charge < -0.3 is 4.74 Å². The molecular weight excluding hydrogens is 264 g/mol. The summed E-state index contributed by atoms with van der Waals surface area (Å²) >= 11 is 5.52. The highest BCUT2D eigenvalue weighted by atomic mass is 35.5. The molecule has 0 saturated carbocycles. The smallest absolute Gasteiger partial charge is 0.313 e. The molecule has 1 aromatic carbocycles. The maximum absolute atomic E-state index is 11.4. The Hall–Kier alpha value is -1.35. The highest BCUT2D eigenvalue weighted by Gasteiger charge is 2.13. The van der Waals surface area contributed by atoms with Crippen molar-refractivity contribution in [1.29, 1.82) is 0 Å². The molecule has 19 heavy (non-hydrogen) atoms. The van der Waals surface area contributed by atoms with Gasteiger partial charge >= 0.3 is 5.97 Å². The molecule has 0 aromatic heterocycles. The summed E-state index contributed by atoms with van der Waals surface area (Å²) in [5.74, 6) is 0.113. The summed E-state index contributed by atoms with van der Waals surface area (Å²) in [6, 6.07) is 7.21. The van der Waals surface area contributed by atoms with Crippen LogP contribution < -0.4 is 4.74 Å². The molecule has 0 N–H and O–H groups in total. The molecule has 0 radical (unpaired) electrons. The van der Waals surface area contributed by atoms with Crippen molar-refractivity contribution < 1.29 is 14.3 Å². The third kappa shape index (κ3) is 5.03. The summed E-state index contributed by atoms with van der Waals surface area (Å²) in [4.78, 5) is 22.8. The van der Waals surface area contributed by atoms with Crippen molar-refractivity contribution in [3.8, 4) is 5.75 Å². The van der Waals surface area contributed by atoms with E-state index in [2.05, 4.69) is 0 Å². The van der Waals surface area contributed by atoms with E-state index in [1.54, 1.807) is 26.0 Å². The van der Waals surface area contributed by atoms with Crippen LogP contribution in [-0.4, -0.2) is 17.6 Å². The van der Waals surface area contributed by atoms with E-state index in [4.69, 9.17) is 16.3 Å². The van der Waals surface area contributed by atoms with Gasteiger partial charge in [0, 0.05) is 5.92 Å². The van der Waals surface area contributed by atoms with Gasteiger partial charge in [0.05, 0.1) is 11.8 Å². The van der Waals surface area contributed by atoms with Gasteiger partial charge in [0.1, 0.15) is 5.75 Å². The molecule has 0 aliphatic rings. The van der Waals surface area contributed by atoms with Crippen LogP contribution in [0.5, 0.6) is 5.75 Å². The molecule has 104 valence electrons. The first-order chi connectivity index (χ1) is 8.93. The maximum Gasteiger partial charge on any atom is 0.313 e. The number of hydrogen-bond acceptors (Lipinski definition) is 3. The van der Waals surface area contributed by atoms with Gasteiger partial charge in [-0.2, -0.15) is 0 Å². The second-order valence-electron chi connectivity index (χ2n) is 4.92. The second-order valence-corrected chi connectivity index (χ2v) is 5.19. The second kappa shape index (κ2) is 7.29. The van der Waals surface area contributed by atoms with Crippen molar-refractivity contribution in [3.63, 3.8) is 0 Å². The highest BCUT2D eigenvalue weighted by Crippen LogP contribution is 2.17. The fraction of sp³-hybridized carbons (Fsp3) is 0.467. The third-order valence-corrected chi connectivity index (χ3v) is 3.10. The van der Waals surface area contributed by atoms with Crippen LogP contribution >= 0.6 is 11.6 Å². The van der Waals surface area contributed by atoms with E-state index < -0.39 is 0 Å². The lowest BCUT2D eigenvalue weighted by atomic mass is 9.98. The molecule has 0 bridgehead atoms. The number of hydrogen-bond donors (Lipinski definition) is 0. The number of benzene rings is 1. The largest absolute Gasteiger partial charge is 0.426 e. The zero-order chi connectivity index (χ0) is 14.4. The maximum atomic E-state index is 11.4. The first kappa shape index (κ1) is 15.7. The van der Waals surface area contributed by atoms with Gasteiger partial charge in [0.25, 0.3) is 0 Å². The first-order valence-corrected chi connectivity index (χ1v) is 6.86. The SMILES string of the molecule is CC(C)C(=O)Oc1ccc(CC(C)C(=O)CCl)cc1. The Bertz CT molecular complexity index is 437. The van der Waals surface area contributed by atoms with Gasteiger partial charge in [-0.05, 0) is 24.1 Å². The van der Waals surface area contributed by atoms with E-state index in [1.165, 1.54) is 0 Å². The lowest BCUT2D eigenvalue weighted by molar-refractivity contribution is -0.137. The Morgan fingerprint density at radius 3 is 2.21 bits per heavy atom. The van der Waals surface area contributed by atoms with E-state index in [0.717, 1.165) is 5.56 Å². The monoisotopic (exact) mass is 282 g/mol. The fourth-order valence-electron chi connectivity index (χ4n) is 1.53. The molecule has 0 amide bonds. The lowest BCUT2D eigenvalue weighted by Crippen LogP contribution is -2.15. The van der Waals surface area contributed by atoms with Crippen molar-refractivity contribution in [2.45, 2.75) is 27.2 Å². The molecule has 0 aliphatic carbocycles. The van der Waals surface area contributed by atoms with Crippen molar-refractivity contribution in [1.82, 2.24) is 0 Å². The number of esters is 1. The average Bonchev–Trinajstić information content (AvgIpc) is 2.39. The quantitative estimate of drug-likeness (QED) is 0.457. The fourth-order valence-corrected chi connectivity index (χ4v) is 1.79. The molecule has 4 heteroatoms. The summed E-state index contributed by atoms with van der Waals surface area (Å²) in [7, 11) is 0. The number of ether oxygens (including phenoxy) is 1. The topological polar surface area (TPSA) is 43.4 Å². The first-order valence-electron chi connectivity index (χ1n) is 6.33. The molecule has 0 heterocycles. The van der Waals surface area contributed by atoms with Crippen LogP contribution in [0.15, 0.2) is 24.3 Å². The predicted octanol–water partition coefficient (Wildman–Crippen LogP) is 3.23. The zero-order valence-electron chi connectivity index (χ0n) is 11.5. The molecule has 0 saturated heterocycles. The molecule has 1 unspecified atom stereocenters. The van der Waals surface area contributed by atoms with Gasteiger partial charge in [0.2, 0.25) is 0 Å². The Labute approximate surface area is 118 Å². The summed E-state index contributed by atoms with van der Waals surface area (Å²) in [6.45, 7) is 5.43. The number of Topliss-reactive ketones (excluding diaryl/α,β-unsaturated/α-hetero) is 1. The molecule has 0 fully saturated rings. The van der Waals surface area contributed by atoms with Gasteiger partial charge in [-0.1, -0.05) is 32.9 Å². The Kier molecular flexibility index (Phi) is 6.03. The summed E-state index contributed by atoms with van der Waals surface area (Å²) < 4.78 is 5.18. The third-order valence-electron chi connectivity index (χ3n) is 2.84. The van der Waals surface area contributed by atoms with Crippen LogP contribution in [0.3, 0.4) is 0 Å². The highest BCUT2D eigenvalue weighted by molar-refractivity contribution is 6.27. The molecule has 0 spiro atoms. The standard InChI is InChI=1S/C15H19ClO3/c1-10(2)15(18)19-13-6-4-12(5-7-13)8-11(3)14(17)9-16/h4-7,10-11H,8-9H2,1-3H3. The number of carbonyl (C=O) groups is 2. The number of carbonyl (C=O) groups excluding carboxylic acids is 2. The van der Waals surface area contributed by atoms with Crippen molar-refractivity contribution in [3.05, 3.63) is 29.8 Å². The number of ketones is 1. The van der Waals surface area contributed by atoms with E-state index in [-0.39, 0.29) is 29.5 Å². The molecule has 0 aliphatic heterocycles. The van der Waals surface area contributed by atoms with E-state index in [0.29, 0.717) is 12.2 Å². The van der Waals surface area contributed by atoms with Gasteiger partial charge in [-0.25, -0.2) is 0 Å². The summed E-state index contributed by atoms with van der Waals surface area (Å²) in [5.41, 5.74) is 1.02. The normalized spacial score (nSPS) is 12.3. The lowest BCUT2D eigenvalue weighted by Gasteiger charge is -2.10. The molecule has 1 aromatic rings. The van der Waals surface area contributed by atoms with Crippen molar-refractivity contribution in [2.24, 2.45) is 11.8 Å². The number of rotatable bonds is 6. The minimum Gasteiger partial charge on any atom is -0.426 e. The van der Waals surface area contributed by atoms with Gasteiger partial charge in [-0.3, -0.25) is 9.59 Å². The van der Waals surface area contributed by atoms with E-state index in [1.807, 2.05) is 19.1 Å². The number of halogens is 1. The van der Waals surface area contributed by atoms with Gasteiger partial charge in [0.15, 0.2) is 5.78 Å². The minimum absolute atomic E-state index is 0.0389. The zero-order valence-corrected chi connectivity index (χ0v) is 12.2. The number of alkyl halides is 1. The van der Waals surface area contributed by atoms with Crippen LogP contribution in [-0.2, 0) is 16.0 Å². The predicted molar refractivity (Wildman–Crippen MR) is 75.5 cm³/mol. The Morgan fingerprint density at radius 1 is 1.16 bits per heavy atom. The van der Waals surface area contributed by atoms with Crippen LogP contribution in [0.25, 0.3) is 0 Å². The minimum atomic E-state index is -0.251. The molecule has 1 atom stereocenters. The summed E-state index contributed by atoms with van der Waals surface area (Å²) in [6.07, 6.45) is 0.643. The Morgan fingerprint density at radius 2 is 1.74 bits per heavy atom. The van der Waals surface area contributed by atoms with Crippen LogP contribution in [0.2, 0.25) is 0 Å². The van der Waals surface area contributed by atoms with E-state index in [9.17, 15) is 9.59 Å². The van der Waals surface area contributed by atoms with Crippen LogP contribution in [0.4, 0.5) is 0 Å².